The number of benzene rings is 1. The molecular formula is C15H16N2O3. The zero-order valence-electron chi connectivity index (χ0n) is 11.4. The fourth-order valence-corrected chi connectivity index (χ4v) is 2.54. The number of nitrogens with zero attached hydrogens (tertiary/aromatic N) is 2. The lowest BCUT2D eigenvalue weighted by Gasteiger charge is -2.31. The van der Waals surface area contributed by atoms with Gasteiger partial charge in [0.2, 0.25) is 5.91 Å². The summed E-state index contributed by atoms with van der Waals surface area (Å²) in [6.45, 7) is 3.63. The van der Waals surface area contributed by atoms with E-state index in [1.165, 1.54) is 4.90 Å². The van der Waals surface area contributed by atoms with Gasteiger partial charge in [-0.05, 0) is 25.5 Å². The second-order valence-corrected chi connectivity index (χ2v) is 5.30. The summed E-state index contributed by atoms with van der Waals surface area (Å²) < 4.78 is 0. The Labute approximate surface area is 117 Å². The summed E-state index contributed by atoms with van der Waals surface area (Å²) >= 11 is 0. The first kappa shape index (κ1) is 12.8. The lowest BCUT2D eigenvalue weighted by atomic mass is 10.1. The Morgan fingerprint density at radius 2 is 1.85 bits per heavy atom. The van der Waals surface area contributed by atoms with Crippen LogP contribution in [0.15, 0.2) is 18.2 Å². The molecule has 2 aliphatic heterocycles. The second-order valence-electron chi connectivity index (χ2n) is 5.30. The molecule has 0 saturated carbocycles. The molecule has 0 spiro atoms. The van der Waals surface area contributed by atoms with Crippen LogP contribution in [0.4, 0.5) is 0 Å². The molecule has 104 valence electrons. The van der Waals surface area contributed by atoms with Crippen molar-refractivity contribution in [3.8, 4) is 0 Å². The molecule has 3 rings (SSSR count). The lowest BCUT2D eigenvalue weighted by molar-refractivity contribution is -0.134. The third kappa shape index (κ3) is 1.99. The standard InChI is InChI=1S/C15H16N2O3/c1-10-3-4-11-12(9-10)15(20)17(14(11)19)8-5-13(18)16-6-2-7-16/h3-4,9H,2,5-8H2,1H3. The molecule has 20 heavy (non-hydrogen) atoms. The first-order valence-electron chi connectivity index (χ1n) is 6.82. The fourth-order valence-electron chi connectivity index (χ4n) is 2.54. The molecule has 5 nitrogen and oxygen atoms in total. The van der Waals surface area contributed by atoms with Crippen LogP contribution in [0, 0.1) is 6.92 Å². The number of rotatable bonds is 3. The van der Waals surface area contributed by atoms with Gasteiger partial charge in [-0.25, -0.2) is 0 Å². The first-order chi connectivity index (χ1) is 9.58. The van der Waals surface area contributed by atoms with Crippen LogP contribution in [-0.2, 0) is 4.79 Å². The van der Waals surface area contributed by atoms with Crippen molar-refractivity contribution in [1.82, 2.24) is 9.80 Å². The number of carbonyl (C=O) groups is 3. The number of likely N-dealkylation sites (tertiary alicyclic amines) is 1. The van der Waals surface area contributed by atoms with Crippen LogP contribution in [0.2, 0.25) is 0 Å². The van der Waals surface area contributed by atoms with Crippen molar-refractivity contribution >= 4 is 17.7 Å². The molecule has 3 amide bonds. The van der Waals surface area contributed by atoms with E-state index in [9.17, 15) is 14.4 Å². The summed E-state index contributed by atoms with van der Waals surface area (Å²) in [7, 11) is 0. The molecule has 5 heteroatoms. The van der Waals surface area contributed by atoms with Gasteiger partial charge in [-0.15, -0.1) is 0 Å². The second kappa shape index (κ2) is 4.74. The summed E-state index contributed by atoms with van der Waals surface area (Å²) in [5, 5.41) is 0. The maximum absolute atomic E-state index is 12.2. The average Bonchev–Trinajstić information content (AvgIpc) is 2.57. The van der Waals surface area contributed by atoms with Crippen LogP contribution in [0.3, 0.4) is 0 Å². The average molecular weight is 272 g/mol. The van der Waals surface area contributed by atoms with Gasteiger partial charge in [0.05, 0.1) is 11.1 Å². The van der Waals surface area contributed by atoms with Crippen LogP contribution in [0.1, 0.15) is 39.1 Å². The Kier molecular flexibility index (Phi) is 3.04. The monoisotopic (exact) mass is 272 g/mol. The Bertz CT molecular complexity index is 605. The molecule has 2 aliphatic rings. The number of fused-ring (bicyclic) bond motifs is 1. The normalized spacial score (nSPS) is 17.2. The molecule has 1 aromatic rings. The number of hydrogen-bond donors (Lipinski definition) is 0. The molecule has 0 atom stereocenters. The van der Waals surface area contributed by atoms with Crippen LogP contribution >= 0.6 is 0 Å². The van der Waals surface area contributed by atoms with Crippen molar-refractivity contribution in [3.05, 3.63) is 34.9 Å². The van der Waals surface area contributed by atoms with Gasteiger partial charge >= 0.3 is 0 Å². The Morgan fingerprint density at radius 1 is 1.15 bits per heavy atom. The van der Waals surface area contributed by atoms with Gasteiger partial charge < -0.3 is 4.90 Å². The smallest absolute Gasteiger partial charge is 0.261 e. The number of imide groups is 1. The highest BCUT2D eigenvalue weighted by molar-refractivity contribution is 6.21. The summed E-state index contributed by atoms with van der Waals surface area (Å²) in [5.41, 5.74) is 1.84. The van der Waals surface area contributed by atoms with E-state index < -0.39 is 0 Å². The molecule has 0 aromatic heterocycles. The molecule has 0 bridgehead atoms. The van der Waals surface area contributed by atoms with E-state index in [1.54, 1.807) is 17.0 Å². The molecule has 0 N–H and O–H groups in total. The van der Waals surface area contributed by atoms with E-state index in [-0.39, 0.29) is 30.7 Å². The van der Waals surface area contributed by atoms with Crippen LogP contribution in [0.25, 0.3) is 0 Å². The first-order valence-corrected chi connectivity index (χ1v) is 6.82. The van der Waals surface area contributed by atoms with Crippen molar-refractivity contribution in [2.24, 2.45) is 0 Å². The molecule has 1 saturated heterocycles. The highest BCUT2D eigenvalue weighted by atomic mass is 16.2. The van der Waals surface area contributed by atoms with E-state index >= 15 is 0 Å². The number of carbonyl (C=O) groups excluding carboxylic acids is 3. The number of aryl methyl sites for hydroxylation is 1. The highest BCUT2D eigenvalue weighted by Crippen LogP contribution is 2.24. The maximum atomic E-state index is 12.2. The van der Waals surface area contributed by atoms with Gasteiger partial charge in [-0.2, -0.15) is 0 Å². The summed E-state index contributed by atoms with van der Waals surface area (Å²) in [5.74, 6) is -0.560. The Balaban J connectivity index is 1.71. The van der Waals surface area contributed by atoms with E-state index in [4.69, 9.17) is 0 Å². The van der Waals surface area contributed by atoms with Crippen LogP contribution in [0.5, 0.6) is 0 Å². The van der Waals surface area contributed by atoms with Crippen LogP contribution in [-0.4, -0.2) is 47.2 Å². The van der Waals surface area contributed by atoms with E-state index in [0.29, 0.717) is 11.1 Å². The van der Waals surface area contributed by atoms with E-state index in [2.05, 4.69) is 0 Å². The summed E-state index contributed by atoms with van der Waals surface area (Å²) in [4.78, 5) is 39.1. The Morgan fingerprint density at radius 3 is 2.50 bits per heavy atom. The van der Waals surface area contributed by atoms with Crippen molar-refractivity contribution in [3.63, 3.8) is 0 Å². The van der Waals surface area contributed by atoms with Crippen molar-refractivity contribution in [2.45, 2.75) is 19.8 Å². The summed E-state index contributed by atoms with van der Waals surface area (Å²) in [6, 6.07) is 5.23. The van der Waals surface area contributed by atoms with Crippen LogP contribution < -0.4 is 0 Å². The minimum absolute atomic E-state index is 0.0176. The topological polar surface area (TPSA) is 57.7 Å². The molecule has 1 aromatic carbocycles. The molecule has 0 radical (unpaired) electrons. The van der Waals surface area contributed by atoms with Gasteiger partial charge in [0.25, 0.3) is 11.8 Å². The lowest BCUT2D eigenvalue weighted by Crippen LogP contribution is -2.43. The molecule has 0 aliphatic carbocycles. The third-order valence-corrected chi connectivity index (χ3v) is 3.88. The van der Waals surface area contributed by atoms with Gasteiger partial charge in [-0.3, -0.25) is 19.3 Å². The molecule has 1 fully saturated rings. The van der Waals surface area contributed by atoms with E-state index in [0.717, 1.165) is 25.1 Å². The van der Waals surface area contributed by atoms with Gasteiger partial charge in [0.1, 0.15) is 0 Å². The Hall–Kier alpha value is -2.17. The zero-order chi connectivity index (χ0) is 14.3. The van der Waals surface area contributed by atoms with Gasteiger partial charge in [0.15, 0.2) is 0 Å². The fraction of sp³-hybridized carbons (Fsp3) is 0.400. The third-order valence-electron chi connectivity index (χ3n) is 3.88. The highest BCUT2D eigenvalue weighted by Gasteiger charge is 2.35. The van der Waals surface area contributed by atoms with E-state index in [1.807, 2.05) is 13.0 Å². The number of hydrogen-bond acceptors (Lipinski definition) is 3. The van der Waals surface area contributed by atoms with Gasteiger partial charge in [-0.1, -0.05) is 11.6 Å². The molecular weight excluding hydrogens is 256 g/mol. The zero-order valence-corrected chi connectivity index (χ0v) is 11.4. The minimum atomic E-state index is -0.290. The maximum Gasteiger partial charge on any atom is 0.261 e. The molecule has 2 heterocycles. The minimum Gasteiger partial charge on any atom is -0.343 e. The predicted molar refractivity (Wildman–Crippen MR) is 72.4 cm³/mol. The van der Waals surface area contributed by atoms with Crippen molar-refractivity contribution < 1.29 is 14.4 Å². The van der Waals surface area contributed by atoms with Gasteiger partial charge in [0, 0.05) is 26.1 Å². The van der Waals surface area contributed by atoms with Crippen molar-refractivity contribution in [2.75, 3.05) is 19.6 Å². The SMILES string of the molecule is Cc1ccc2c(c1)C(=O)N(CCC(=O)N1CCC1)C2=O. The summed E-state index contributed by atoms with van der Waals surface area (Å²) in [6.07, 6.45) is 1.25. The predicted octanol–water partition coefficient (Wildman–Crippen LogP) is 1.21. The molecule has 0 unspecified atom stereocenters. The van der Waals surface area contributed by atoms with Crippen molar-refractivity contribution in [1.29, 1.82) is 0 Å². The quantitative estimate of drug-likeness (QED) is 0.777. The largest absolute Gasteiger partial charge is 0.343 e. The number of amides is 3.